The first-order chi connectivity index (χ1) is 6.63. The van der Waals surface area contributed by atoms with Crippen LogP contribution in [0.25, 0.3) is 0 Å². The zero-order valence-corrected chi connectivity index (χ0v) is 9.25. The highest BCUT2D eigenvalue weighted by Gasteiger charge is 2.51. The number of likely N-dealkylation sites (tertiary alicyclic amines) is 1. The van der Waals surface area contributed by atoms with E-state index >= 15 is 0 Å². The average molecular weight is 200 g/mol. The molecular formula is C10H20N2O2. The van der Waals surface area contributed by atoms with Gasteiger partial charge in [0.05, 0.1) is 0 Å². The Bertz CT molecular complexity index is 220. The van der Waals surface area contributed by atoms with E-state index in [0.717, 1.165) is 25.8 Å². The smallest absolute Gasteiger partial charge is 0.345 e. The summed E-state index contributed by atoms with van der Waals surface area (Å²) < 4.78 is 0. The molecule has 0 saturated carbocycles. The third kappa shape index (κ3) is 1.42. The minimum atomic E-state index is -0.483. The van der Waals surface area contributed by atoms with Crippen LogP contribution in [0, 0.1) is 5.92 Å². The quantitative estimate of drug-likeness (QED) is 0.688. The van der Waals surface area contributed by atoms with E-state index in [1.165, 1.54) is 0 Å². The van der Waals surface area contributed by atoms with E-state index in [0.29, 0.717) is 5.92 Å². The van der Waals surface area contributed by atoms with Crippen LogP contribution in [0.1, 0.15) is 33.1 Å². The molecule has 0 aromatic rings. The summed E-state index contributed by atoms with van der Waals surface area (Å²) in [6.07, 6.45) is 2.81. The molecule has 2 unspecified atom stereocenters. The number of hydrogen-bond acceptors (Lipinski definition) is 4. The van der Waals surface area contributed by atoms with E-state index in [9.17, 15) is 4.79 Å². The summed E-state index contributed by atoms with van der Waals surface area (Å²) in [5.41, 5.74) is -0.483. The molecule has 2 N–H and O–H groups in total. The van der Waals surface area contributed by atoms with Gasteiger partial charge in [-0.3, -0.25) is 4.90 Å². The molecule has 0 aromatic heterocycles. The number of carbonyl (C=O) groups excluding carboxylic acids is 1. The minimum Gasteiger partial charge on any atom is -0.372 e. The predicted molar refractivity (Wildman–Crippen MR) is 54.3 cm³/mol. The van der Waals surface area contributed by atoms with Crippen molar-refractivity contribution in [2.75, 3.05) is 13.6 Å². The lowest BCUT2D eigenvalue weighted by molar-refractivity contribution is -0.159. The van der Waals surface area contributed by atoms with Crippen molar-refractivity contribution < 1.29 is 9.63 Å². The van der Waals surface area contributed by atoms with Crippen molar-refractivity contribution in [3.05, 3.63) is 0 Å². The highest BCUT2D eigenvalue weighted by Crippen LogP contribution is 2.39. The maximum absolute atomic E-state index is 11.8. The molecule has 82 valence electrons. The zero-order chi connectivity index (χ0) is 10.8. The van der Waals surface area contributed by atoms with Gasteiger partial charge in [-0.25, -0.2) is 4.79 Å². The van der Waals surface area contributed by atoms with E-state index in [-0.39, 0.29) is 5.97 Å². The standard InChI is InChI=1S/C10H20N2O2/c1-4-8-6-7-12(3)10(8,5-2)9(13)14-11/h8H,4-7,11H2,1-3H3. The number of carbonyl (C=O) groups is 1. The Balaban J connectivity index is 2.98. The molecule has 0 aliphatic carbocycles. The molecule has 0 amide bonds. The highest BCUT2D eigenvalue weighted by molar-refractivity contribution is 5.81. The Kier molecular flexibility index (Phi) is 3.50. The van der Waals surface area contributed by atoms with Crippen molar-refractivity contribution in [2.24, 2.45) is 11.8 Å². The monoisotopic (exact) mass is 200 g/mol. The van der Waals surface area contributed by atoms with Crippen LogP contribution in [0.5, 0.6) is 0 Å². The fourth-order valence-electron chi connectivity index (χ4n) is 2.77. The van der Waals surface area contributed by atoms with Crippen molar-refractivity contribution in [1.82, 2.24) is 4.90 Å². The zero-order valence-electron chi connectivity index (χ0n) is 9.25. The summed E-state index contributed by atoms with van der Waals surface area (Å²) in [5.74, 6) is 5.10. The van der Waals surface area contributed by atoms with Crippen molar-refractivity contribution in [3.63, 3.8) is 0 Å². The van der Waals surface area contributed by atoms with Crippen molar-refractivity contribution in [3.8, 4) is 0 Å². The molecule has 1 aliphatic rings. The number of hydrogen-bond donors (Lipinski definition) is 1. The molecule has 1 saturated heterocycles. The maximum Gasteiger partial charge on any atom is 0.345 e. The van der Waals surface area contributed by atoms with E-state index in [4.69, 9.17) is 5.90 Å². The average Bonchev–Trinajstić information content (AvgIpc) is 2.54. The molecule has 1 aliphatic heterocycles. The van der Waals surface area contributed by atoms with Crippen LogP contribution >= 0.6 is 0 Å². The molecule has 1 fully saturated rings. The van der Waals surface area contributed by atoms with Crippen LogP contribution in [0.3, 0.4) is 0 Å². The molecule has 0 bridgehead atoms. The van der Waals surface area contributed by atoms with Crippen molar-refractivity contribution in [2.45, 2.75) is 38.6 Å². The molecule has 4 nitrogen and oxygen atoms in total. The predicted octanol–water partition coefficient (Wildman–Crippen LogP) is 0.914. The Morgan fingerprint density at radius 2 is 2.29 bits per heavy atom. The van der Waals surface area contributed by atoms with Crippen molar-refractivity contribution >= 4 is 5.97 Å². The van der Waals surface area contributed by atoms with E-state index < -0.39 is 5.54 Å². The molecule has 14 heavy (non-hydrogen) atoms. The Hall–Kier alpha value is -0.610. The van der Waals surface area contributed by atoms with Gasteiger partial charge in [0, 0.05) is 0 Å². The van der Waals surface area contributed by atoms with Crippen LogP contribution in [0.2, 0.25) is 0 Å². The van der Waals surface area contributed by atoms with Gasteiger partial charge in [0.15, 0.2) is 0 Å². The summed E-state index contributed by atoms with van der Waals surface area (Å²) in [5, 5.41) is 0. The first kappa shape index (κ1) is 11.5. The number of rotatable bonds is 3. The third-order valence-corrected chi connectivity index (χ3v) is 3.66. The molecule has 4 heteroatoms. The van der Waals surface area contributed by atoms with Gasteiger partial charge in [0.2, 0.25) is 0 Å². The fraction of sp³-hybridized carbons (Fsp3) is 0.900. The van der Waals surface area contributed by atoms with Gasteiger partial charge >= 0.3 is 5.97 Å². The highest BCUT2D eigenvalue weighted by atomic mass is 16.7. The van der Waals surface area contributed by atoms with Crippen LogP contribution in [-0.4, -0.2) is 30.0 Å². The topological polar surface area (TPSA) is 55.6 Å². The summed E-state index contributed by atoms with van der Waals surface area (Å²) >= 11 is 0. The Morgan fingerprint density at radius 3 is 2.71 bits per heavy atom. The molecule has 0 radical (unpaired) electrons. The Morgan fingerprint density at radius 1 is 1.64 bits per heavy atom. The molecular weight excluding hydrogens is 180 g/mol. The van der Waals surface area contributed by atoms with Crippen LogP contribution in [0.15, 0.2) is 0 Å². The molecule has 2 atom stereocenters. The summed E-state index contributed by atoms with van der Waals surface area (Å²) in [7, 11) is 1.97. The van der Waals surface area contributed by atoms with E-state index in [1.54, 1.807) is 0 Å². The first-order valence-corrected chi connectivity index (χ1v) is 5.25. The van der Waals surface area contributed by atoms with Gasteiger partial charge in [-0.05, 0) is 32.4 Å². The van der Waals surface area contributed by atoms with Gasteiger partial charge in [-0.15, -0.1) is 0 Å². The van der Waals surface area contributed by atoms with Crippen LogP contribution in [0.4, 0.5) is 0 Å². The molecule has 1 rings (SSSR count). The van der Waals surface area contributed by atoms with Gasteiger partial charge in [0.25, 0.3) is 0 Å². The number of likely N-dealkylation sites (N-methyl/N-ethyl adjacent to an activating group) is 1. The van der Waals surface area contributed by atoms with Gasteiger partial charge in [0.1, 0.15) is 5.54 Å². The molecule has 1 heterocycles. The second-order valence-corrected chi connectivity index (χ2v) is 4.00. The summed E-state index contributed by atoms with van der Waals surface area (Å²) in [6, 6.07) is 0. The lowest BCUT2D eigenvalue weighted by atomic mass is 9.81. The SMILES string of the molecule is CCC1CCN(C)C1(CC)C(=O)ON. The van der Waals surface area contributed by atoms with E-state index in [2.05, 4.69) is 16.7 Å². The second kappa shape index (κ2) is 4.28. The number of nitrogens with two attached hydrogens (primary N) is 1. The van der Waals surface area contributed by atoms with E-state index in [1.807, 2.05) is 14.0 Å². The Labute approximate surface area is 85.3 Å². The maximum atomic E-state index is 11.8. The van der Waals surface area contributed by atoms with Gasteiger partial charge < -0.3 is 4.84 Å². The van der Waals surface area contributed by atoms with Crippen LogP contribution < -0.4 is 5.90 Å². The van der Waals surface area contributed by atoms with Gasteiger partial charge in [-0.1, -0.05) is 20.3 Å². The lowest BCUT2D eigenvalue weighted by Gasteiger charge is -2.36. The normalized spacial score (nSPS) is 33.3. The summed E-state index contributed by atoms with van der Waals surface area (Å²) in [6.45, 7) is 5.07. The second-order valence-electron chi connectivity index (χ2n) is 4.00. The fourth-order valence-corrected chi connectivity index (χ4v) is 2.77. The van der Waals surface area contributed by atoms with Gasteiger partial charge in [-0.2, -0.15) is 5.90 Å². The van der Waals surface area contributed by atoms with Crippen molar-refractivity contribution in [1.29, 1.82) is 0 Å². The molecule has 0 aromatic carbocycles. The summed E-state index contributed by atoms with van der Waals surface area (Å²) in [4.78, 5) is 18.3. The van der Waals surface area contributed by atoms with Crippen LogP contribution in [-0.2, 0) is 9.63 Å². The number of nitrogens with zero attached hydrogens (tertiary/aromatic N) is 1. The molecule has 0 spiro atoms. The lowest BCUT2D eigenvalue weighted by Crippen LogP contribution is -2.53. The third-order valence-electron chi connectivity index (χ3n) is 3.66. The first-order valence-electron chi connectivity index (χ1n) is 5.25. The minimum absolute atomic E-state index is 0.285. The largest absolute Gasteiger partial charge is 0.372 e.